The molecule has 0 spiro atoms. The van der Waals surface area contributed by atoms with Crippen LogP contribution in [-0.2, 0) is 12.3 Å². The van der Waals surface area contributed by atoms with E-state index in [1.807, 2.05) is 30.3 Å². The van der Waals surface area contributed by atoms with Crippen LogP contribution in [0.15, 0.2) is 30.3 Å². The van der Waals surface area contributed by atoms with Crippen LogP contribution in [0.1, 0.15) is 25.1 Å². The molecule has 0 atom stereocenters. The van der Waals surface area contributed by atoms with E-state index in [9.17, 15) is 0 Å². The molecule has 0 aliphatic carbocycles. The first-order chi connectivity index (χ1) is 8.63. The molecule has 0 radical (unpaired) electrons. The summed E-state index contributed by atoms with van der Waals surface area (Å²) in [6.45, 7) is 4.32. The Morgan fingerprint density at radius 2 is 1.89 bits per heavy atom. The van der Waals surface area contributed by atoms with Crippen LogP contribution in [0.3, 0.4) is 0 Å². The predicted octanol–water partition coefficient (Wildman–Crippen LogP) is 4.46. The van der Waals surface area contributed by atoms with Crippen LogP contribution < -0.4 is 0 Å². The van der Waals surface area contributed by atoms with Gasteiger partial charge in [-0.05, 0) is 24.5 Å². The van der Waals surface area contributed by atoms with E-state index in [4.69, 9.17) is 23.2 Å². The summed E-state index contributed by atoms with van der Waals surface area (Å²) >= 11 is 12.3. The minimum atomic E-state index is 0.397. The zero-order valence-electron chi connectivity index (χ0n) is 10.5. The quantitative estimate of drug-likeness (QED) is 0.757. The third kappa shape index (κ3) is 2.70. The molecule has 0 fully saturated rings. The van der Waals surface area contributed by atoms with Gasteiger partial charge in [-0.2, -0.15) is 5.10 Å². The minimum absolute atomic E-state index is 0.397. The number of hydrogen-bond acceptors (Lipinski definition) is 1. The fourth-order valence-corrected chi connectivity index (χ4v) is 2.56. The number of para-hydroxylation sites is 1. The molecule has 18 heavy (non-hydrogen) atoms. The average Bonchev–Trinajstić information content (AvgIpc) is 2.66. The van der Waals surface area contributed by atoms with Crippen molar-refractivity contribution >= 4 is 23.2 Å². The normalized spacial score (nSPS) is 11.2. The molecule has 0 aliphatic rings. The Morgan fingerprint density at radius 1 is 1.22 bits per heavy atom. The maximum Gasteiger partial charge on any atom is 0.137 e. The van der Waals surface area contributed by atoms with E-state index in [1.165, 1.54) is 0 Å². The molecule has 96 valence electrons. The Kier molecular flexibility index (Phi) is 4.31. The fraction of sp³-hybridized carbons (Fsp3) is 0.357. The van der Waals surface area contributed by atoms with E-state index in [0.29, 0.717) is 17.0 Å². The van der Waals surface area contributed by atoms with Crippen molar-refractivity contribution < 1.29 is 0 Å². The first-order valence-electron chi connectivity index (χ1n) is 6.01. The summed E-state index contributed by atoms with van der Waals surface area (Å²) < 4.78 is 1.76. The standard InChI is InChI=1S/C14H16Cl2N2/c1-10(2)8-13-12(9-15)14(16)18(17-13)11-6-4-3-5-7-11/h3-7,10H,8-9H2,1-2H3. The van der Waals surface area contributed by atoms with Crippen molar-refractivity contribution in [2.75, 3.05) is 0 Å². The molecule has 0 bridgehead atoms. The maximum absolute atomic E-state index is 6.36. The van der Waals surface area contributed by atoms with Crippen molar-refractivity contribution in [3.05, 3.63) is 46.7 Å². The summed E-state index contributed by atoms with van der Waals surface area (Å²) in [5.74, 6) is 0.926. The highest BCUT2D eigenvalue weighted by molar-refractivity contribution is 6.31. The summed E-state index contributed by atoms with van der Waals surface area (Å²) in [7, 11) is 0. The number of nitrogens with zero attached hydrogens (tertiary/aromatic N) is 2. The number of benzene rings is 1. The van der Waals surface area contributed by atoms with Crippen molar-refractivity contribution in [1.29, 1.82) is 0 Å². The lowest BCUT2D eigenvalue weighted by atomic mass is 10.1. The van der Waals surface area contributed by atoms with Crippen LogP contribution in [0.25, 0.3) is 5.69 Å². The number of hydrogen-bond donors (Lipinski definition) is 0. The first kappa shape index (κ1) is 13.4. The topological polar surface area (TPSA) is 17.8 Å². The van der Waals surface area contributed by atoms with Crippen LogP contribution in [-0.4, -0.2) is 9.78 Å². The highest BCUT2D eigenvalue weighted by atomic mass is 35.5. The van der Waals surface area contributed by atoms with E-state index in [-0.39, 0.29) is 0 Å². The molecule has 0 saturated heterocycles. The van der Waals surface area contributed by atoms with Crippen LogP contribution in [0.5, 0.6) is 0 Å². The fourth-order valence-electron chi connectivity index (χ4n) is 1.90. The van der Waals surface area contributed by atoms with Crippen molar-refractivity contribution in [1.82, 2.24) is 9.78 Å². The number of aromatic nitrogens is 2. The zero-order chi connectivity index (χ0) is 13.1. The van der Waals surface area contributed by atoms with Crippen LogP contribution in [0.2, 0.25) is 5.15 Å². The van der Waals surface area contributed by atoms with Crippen molar-refractivity contribution in [2.24, 2.45) is 5.92 Å². The smallest absolute Gasteiger partial charge is 0.137 e. The van der Waals surface area contributed by atoms with Gasteiger partial charge in [0, 0.05) is 5.56 Å². The van der Waals surface area contributed by atoms with Crippen LogP contribution in [0.4, 0.5) is 0 Å². The largest absolute Gasteiger partial charge is 0.222 e. The molecule has 1 aromatic carbocycles. The van der Waals surface area contributed by atoms with Crippen LogP contribution in [0, 0.1) is 5.92 Å². The van der Waals surface area contributed by atoms with Gasteiger partial charge in [0.25, 0.3) is 0 Å². The van der Waals surface area contributed by atoms with E-state index in [0.717, 1.165) is 23.4 Å². The molecule has 2 rings (SSSR count). The van der Waals surface area contributed by atoms with Gasteiger partial charge in [0.1, 0.15) is 5.15 Å². The highest BCUT2D eigenvalue weighted by Gasteiger charge is 2.17. The summed E-state index contributed by atoms with van der Waals surface area (Å²) in [6, 6.07) is 9.87. The van der Waals surface area contributed by atoms with Gasteiger partial charge in [0.15, 0.2) is 0 Å². The molecule has 0 unspecified atom stereocenters. The van der Waals surface area contributed by atoms with Gasteiger partial charge in [-0.15, -0.1) is 11.6 Å². The van der Waals surface area contributed by atoms with Crippen molar-refractivity contribution in [2.45, 2.75) is 26.1 Å². The second-order valence-corrected chi connectivity index (χ2v) is 5.32. The number of halogens is 2. The Bertz CT molecular complexity index is 518. The molecule has 2 aromatic rings. The SMILES string of the molecule is CC(C)Cc1nn(-c2ccccc2)c(Cl)c1CCl. The summed E-state index contributed by atoms with van der Waals surface area (Å²) in [5.41, 5.74) is 2.90. The van der Waals surface area contributed by atoms with Gasteiger partial charge < -0.3 is 0 Å². The number of rotatable bonds is 4. The van der Waals surface area contributed by atoms with E-state index < -0.39 is 0 Å². The molecule has 0 saturated carbocycles. The molecular formula is C14H16Cl2N2. The van der Waals surface area contributed by atoms with E-state index in [1.54, 1.807) is 4.68 Å². The van der Waals surface area contributed by atoms with Crippen LogP contribution >= 0.6 is 23.2 Å². The lowest BCUT2D eigenvalue weighted by Crippen LogP contribution is -2.00. The molecule has 1 heterocycles. The van der Waals surface area contributed by atoms with Gasteiger partial charge in [-0.3, -0.25) is 0 Å². The second-order valence-electron chi connectivity index (χ2n) is 4.70. The van der Waals surface area contributed by atoms with Gasteiger partial charge in [0.05, 0.1) is 17.3 Å². The van der Waals surface area contributed by atoms with E-state index >= 15 is 0 Å². The number of alkyl halides is 1. The Balaban J connectivity index is 2.47. The highest BCUT2D eigenvalue weighted by Crippen LogP contribution is 2.26. The third-order valence-corrected chi connectivity index (χ3v) is 3.40. The summed E-state index contributed by atoms with van der Waals surface area (Å²) in [4.78, 5) is 0. The summed E-state index contributed by atoms with van der Waals surface area (Å²) in [5, 5.41) is 5.21. The first-order valence-corrected chi connectivity index (χ1v) is 6.92. The van der Waals surface area contributed by atoms with Gasteiger partial charge in [0.2, 0.25) is 0 Å². The lowest BCUT2D eigenvalue weighted by Gasteiger charge is -2.02. The third-order valence-electron chi connectivity index (χ3n) is 2.74. The molecular weight excluding hydrogens is 267 g/mol. The average molecular weight is 283 g/mol. The predicted molar refractivity (Wildman–Crippen MR) is 76.7 cm³/mol. The Morgan fingerprint density at radius 3 is 2.44 bits per heavy atom. The van der Waals surface area contributed by atoms with Crippen molar-refractivity contribution in [3.63, 3.8) is 0 Å². The zero-order valence-corrected chi connectivity index (χ0v) is 12.0. The van der Waals surface area contributed by atoms with Gasteiger partial charge in [-0.1, -0.05) is 43.6 Å². The molecule has 1 aromatic heterocycles. The maximum atomic E-state index is 6.36. The van der Waals surface area contributed by atoms with Gasteiger partial charge in [-0.25, -0.2) is 4.68 Å². The molecule has 0 aliphatic heterocycles. The monoisotopic (exact) mass is 282 g/mol. The molecule has 0 amide bonds. The minimum Gasteiger partial charge on any atom is -0.222 e. The van der Waals surface area contributed by atoms with E-state index in [2.05, 4.69) is 18.9 Å². The Labute approximate surface area is 118 Å². The summed E-state index contributed by atoms with van der Waals surface area (Å²) in [6.07, 6.45) is 0.890. The Hall–Kier alpha value is -0.990. The lowest BCUT2D eigenvalue weighted by molar-refractivity contribution is 0.626. The molecule has 0 N–H and O–H groups in total. The van der Waals surface area contributed by atoms with Crippen molar-refractivity contribution in [3.8, 4) is 5.69 Å². The molecule has 4 heteroatoms. The van der Waals surface area contributed by atoms with Gasteiger partial charge >= 0.3 is 0 Å². The molecule has 2 nitrogen and oxygen atoms in total. The second kappa shape index (κ2) is 5.77.